The summed E-state index contributed by atoms with van der Waals surface area (Å²) in [7, 11) is 2.10. The minimum atomic E-state index is 0.409. The first-order chi connectivity index (χ1) is 14.7. The van der Waals surface area contributed by atoms with Gasteiger partial charge in [0.1, 0.15) is 0 Å². The fourth-order valence-electron chi connectivity index (χ4n) is 3.98. The van der Waals surface area contributed by atoms with Crippen molar-refractivity contribution in [1.82, 2.24) is 0 Å². The molecular formula is C29H27N. The third kappa shape index (κ3) is 4.56. The van der Waals surface area contributed by atoms with E-state index in [0.29, 0.717) is 5.92 Å². The second kappa shape index (κ2) is 9.33. The van der Waals surface area contributed by atoms with E-state index in [0.717, 1.165) is 24.2 Å². The molecule has 0 heterocycles. The molecule has 0 aliphatic rings. The van der Waals surface area contributed by atoms with Crippen LogP contribution in [0.25, 0.3) is 11.1 Å². The van der Waals surface area contributed by atoms with Crippen molar-refractivity contribution in [2.75, 3.05) is 11.9 Å². The zero-order valence-corrected chi connectivity index (χ0v) is 17.7. The Morgan fingerprint density at radius 2 is 1.43 bits per heavy atom. The highest BCUT2D eigenvalue weighted by Gasteiger charge is 2.12. The number of nitrogens with zero attached hydrogens (tertiary/aromatic N) is 1. The van der Waals surface area contributed by atoms with E-state index in [-0.39, 0.29) is 0 Å². The summed E-state index contributed by atoms with van der Waals surface area (Å²) in [6.45, 7) is 3.11. The van der Waals surface area contributed by atoms with E-state index < -0.39 is 0 Å². The molecule has 148 valence electrons. The van der Waals surface area contributed by atoms with Crippen LogP contribution in [0.3, 0.4) is 0 Å². The summed E-state index contributed by atoms with van der Waals surface area (Å²) in [6, 6.07) is 41.1. The van der Waals surface area contributed by atoms with Crippen molar-refractivity contribution >= 4 is 5.69 Å². The van der Waals surface area contributed by atoms with Crippen molar-refractivity contribution in [3.8, 4) is 11.1 Å². The first-order valence-electron chi connectivity index (χ1n) is 10.6. The highest BCUT2D eigenvalue weighted by atomic mass is 15.1. The minimum absolute atomic E-state index is 0.409. The highest BCUT2D eigenvalue weighted by molar-refractivity contribution is 5.65. The van der Waals surface area contributed by atoms with Gasteiger partial charge >= 0.3 is 0 Å². The molecule has 1 nitrogen and oxygen atoms in total. The van der Waals surface area contributed by atoms with Crippen molar-refractivity contribution in [1.29, 1.82) is 0 Å². The van der Waals surface area contributed by atoms with Gasteiger partial charge in [-0.1, -0.05) is 91.9 Å². The summed E-state index contributed by atoms with van der Waals surface area (Å²) in [5, 5.41) is 0. The van der Waals surface area contributed by atoms with Gasteiger partial charge in [-0.3, -0.25) is 0 Å². The first-order valence-corrected chi connectivity index (χ1v) is 10.6. The molecule has 30 heavy (non-hydrogen) atoms. The maximum atomic E-state index is 3.38. The van der Waals surface area contributed by atoms with Crippen LogP contribution in [0.2, 0.25) is 0 Å². The molecule has 0 aliphatic carbocycles. The van der Waals surface area contributed by atoms with Crippen LogP contribution in [0.4, 0.5) is 5.69 Å². The molecule has 0 bridgehead atoms. The maximum Gasteiger partial charge on any atom is 0.0883 e. The number of hydrogen-bond acceptors (Lipinski definition) is 1. The van der Waals surface area contributed by atoms with E-state index in [1.807, 2.05) is 6.07 Å². The second-order valence-corrected chi connectivity index (χ2v) is 7.72. The zero-order valence-electron chi connectivity index (χ0n) is 17.7. The van der Waals surface area contributed by atoms with E-state index >= 15 is 0 Å². The van der Waals surface area contributed by atoms with Crippen molar-refractivity contribution in [3.05, 3.63) is 126 Å². The van der Waals surface area contributed by atoms with Crippen LogP contribution in [0.1, 0.15) is 36.0 Å². The molecule has 0 spiro atoms. The molecule has 0 aromatic heterocycles. The lowest BCUT2D eigenvalue weighted by atomic mass is 9.88. The lowest BCUT2D eigenvalue weighted by Crippen LogP contribution is -2.15. The van der Waals surface area contributed by atoms with Gasteiger partial charge in [0.15, 0.2) is 0 Å². The van der Waals surface area contributed by atoms with E-state index in [4.69, 9.17) is 0 Å². The van der Waals surface area contributed by atoms with Gasteiger partial charge in [-0.15, -0.1) is 0 Å². The van der Waals surface area contributed by atoms with Gasteiger partial charge in [0, 0.05) is 25.1 Å². The van der Waals surface area contributed by atoms with E-state index in [9.17, 15) is 0 Å². The Kier molecular flexibility index (Phi) is 6.16. The highest BCUT2D eigenvalue weighted by Crippen LogP contribution is 2.30. The number of benzene rings is 3. The van der Waals surface area contributed by atoms with Crippen LogP contribution in [-0.4, -0.2) is 7.05 Å². The average Bonchev–Trinajstić information content (AvgIpc) is 2.81. The Morgan fingerprint density at radius 1 is 0.733 bits per heavy atom. The molecule has 0 saturated carbocycles. The van der Waals surface area contributed by atoms with Crippen molar-refractivity contribution in [3.63, 3.8) is 0 Å². The molecule has 0 radical (unpaired) electrons. The number of rotatable bonds is 7. The third-order valence-electron chi connectivity index (χ3n) is 5.62. The molecule has 4 aromatic rings. The maximum absolute atomic E-state index is 3.38. The van der Waals surface area contributed by atoms with Crippen molar-refractivity contribution in [2.24, 2.45) is 0 Å². The quantitative estimate of drug-likeness (QED) is 0.325. The molecule has 4 rings (SSSR count). The van der Waals surface area contributed by atoms with Crippen LogP contribution < -0.4 is 4.90 Å². The molecule has 0 saturated heterocycles. The lowest BCUT2D eigenvalue weighted by molar-refractivity contribution is 0.777. The summed E-state index contributed by atoms with van der Waals surface area (Å²) in [5.41, 5.74) is 7.32. The normalized spacial score (nSPS) is 11.5. The van der Waals surface area contributed by atoms with Crippen molar-refractivity contribution < 1.29 is 0 Å². The molecule has 0 fully saturated rings. The van der Waals surface area contributed by atoms with Gasteiger partial charge in [-0.05, 0) is 52.9 Å². The van der Waals surface area contributed by atoms with Crippen LogP contribution in [0, 0.1) is 12.1 Å². The van der Waals surface area contributed by atoms with E-state index in [1.54, 1.807) is 0 Å². The summed E-state index contributed by atoms with van der Waals surface area (Å²) < 4.78 is 0. The first kappa shape index (κ1) is 19.8. The Hall–Kier alpha value is -3.50. The topological polar surface area (TPSA) is 3.24 Å². The fourth-order valence-corrected chi connectivity index (χ4v) is 3.98. The zero-order chi connectivity index (χ0) is 20.8. The van der Waals surface area contributed by atoms with Gasteiger partial charge < -0.3 is 4.90 Å². The van der Waals surface area contributed by atoms with Crippen LogP contribution >= 0.6 is 0 Å². The minimum Gasteiger partial charge on any atom is -0.363 e. The predicted octanol–water partition coefficient (Wildman–Crippen LogP) is 7.13. The summed E-state index contributed by atoms with van der Waals surface area (Å²) in [5.74, 6) is 0.409. The molecular weight excluding hydrogens is 362 g/mol. The molecule has 1 atom stereocenters. The molecule has 0 aliphatic heterocycles. The second-order valence-electron chi connectivity index (χ2n) is 7.72. The monoisotopic (exact) mass is 389 g/mol. The fraction of sp³-hybridized carbons (Fsp3) is 0.172. The molecule has 0 amide bonds. The Balaban J connectivity index is 1.54. The Labute approximate surface area is 180 Å². The van der Waals surface area contributed by atoms with E-state index in [1.165, 1.54) is 22.3 Å². The van der Waals surface area contributed by atoms with E-state index in [2.05, 4.69) is 122 Å². The van der Waals surface area contributed by atoms with Gasteiger partial charge in [0.25, 0.3) is 0 Å². The lowest BCUT2D eigenvalue weighted by Gasteiger charge is -2.18. The van der Waals surface area contributed by atoms with Gasteiger partial charge in [-0.2, -0.15) is 0 Å². The SMILES string of the molecule is CCC(c1ccccc1)c1cccc(-c2c#cc(N(C)Cc3ccccc3)cc2)c1. The van der Waals surface area contributed by atoms with Gasteiger partial charge in [0.05, 0.1) is 5.69 Å². The Bertz CT molecular complexity index is 1050. The largest absolute Gasteiger partial charge is 0.363 e. The smallest absolute Gasteiger partial charge is 0.0883 e. The number of hydrogen-bond donors (Lipinski definition) is 0. The number of anilines is 1. The standard InChI is InChI=1S/C29H27N/c1-3-29(25-13-8-5-9-14-25)27-16-10-15-26(21-27)24-17-19-28(20-18-24)30(2)22-23-11-6-4-7-12-23/h4-17,19,21,29H,3,22H2,1-2H3. The average molecular weight is 390 g/mol. The summed E-state index contributed by atoms with van der Waals surface area (Å²) in [6.07, 6.45) is 1.08. The van der Waals surface area contributed by atoms with Crippen molar-refractivity contribution in [2.45, 2.75) is 25.8 Å². The van der Waals surface area contributed by atoms with Crippen LogP contribution in [0.15, 0.2) is 97.1 Å². The molecule has 0 N–H and O–H groups in total. The van der Waals surface area contributed by atoms with Crippen LogP contribution in [0.5, 0.6) is 0 Å². The third-order valence-corrected chi connectivity index (χ3v) is 5.62. The molecule has 1 heteroatoms. The van der Waals surface area contributed by atoms with Gasteiger partial charge in [-0.25, -0.2) is 0 Å². The molecule has 4 aromatic carbocycles. The summed E-state index contributed by atoms with van der Waals surface area (Å²) >= 11 is 0. The summed E-state index contributed by atoms with van der Waals surface area (Å²) in [4.78, 5) is 2.20. The van der Waals surface area contributed by atoms with Gasteiger partial charge in [0.2, 0.25) is 0 Å². The van der Waals surface area contributed by atoms with Crippen LogP contribution in [-0.2, 0) is 6.54 Å². The Morgan fingerprint density at radius 3 is 2.10 bits per heavy atom. The molecule has 1 unspecified atom stereocenters. The predicted molar refractivity (Wildman–Crippen MR) is 127 cm³/mol.